The number of carbonyl (C=O) groups is 1. The van der Waals surface area contributed by atoms with Gasteiger partial charge in [0, 0.05) is 18.5 Å². The second-order valence-corrected chi connectivity index (χ2v) is 5.45. The van der Waals surface area contributed by atoms with Gasteiger partial charge in [-0.1, -0.05) is 0 Å². The summed E-state index contributed by atoms with van der Waals surface area (Å²) < 4.78 is 51.9. The van der Waals surface area contributed by atoms with Crippen LogP contribution in [-0.4, -0.2) is 29.5 Å². The van der Waals surface area contributed by atoms with Gasteiger partial charge in [-0.25, -0.2) is 32.0 Å². The average Bonchev–Trinajstić information content (AvgIpc) is 2.37. The maximum atomic E-state index is 13.1. The van der Waals surface area contributed by atoms with Crippen molar-refractivity contribution >= 4 is 21.8 Å². The van der Waals surface area contributed by atoms with E-state index in [1.165, 1.54) is 0 Å². The monoisotopic (exact) mass is 315 g/mol. The Labute approximate surface area is 117 Å². The Kier molecular flexibility index (Phi) is 3.80. The van der Waals surface area contributed by atoms with E-state index < -0.39 is 44.0 Å². The molecule has 110 valence electrons. The van der Waals surface area contributed by atoms with E-state index in [4.69, 9.17) is 5.11 Å². The maximum absolute atomic E-state index is 13.1. The fourth-order valence-electron chi connectivity index (χ4n) is 1.44. The summed E-state index contributed by atoms with van der Waals surface area (Å²) in [5.74, 6) is -4.25. The molecule has 7 nitrogen and oxygen atoms in total. The van der Waals surface area contributed by atoms with Crippen LogP contribution >= 0.6 is 0 Å². The molecule has 0 unspecified atom stereocenters. The molecule has 0 bridgehead atoms. The first kappa shape index (κ1) is 14.8. The molecule has 0 fully saturated rings. The number of hydrogen-bond acceptors (Lipinski definition) is 5. The van der Waals surface area contributed by atoms with Gasteiger partial charge < -0.3 is 5.11 Å². The molecule has 0 saturated carbocycles. The molecule has 0 saturated heterocycles. The lowest BCUT2D eigenvalue weighted by Gasteiger charge is -2.09. The molecular weight excluding hydrogens is 308 g/mol. The number of hydrogen-bond donors (Lipinski definition) is 2. The normalized spacial score (nSPS) is 11.1. The van der Waals surface area contributed by atoms with Crippen LogP contribution in [0.3, 0.4) is 0 Å². The maximum Gasteiger partial charge on any atom is 0.358 e. The molecule has 1 heterocycles. The van der Waals surface area contributed by atoms with Crippen molar-refractivity contribution in [2.24, 2.45) is 0 Å². The average molecular weight is 315 g/mol. The largest absolute Gasteiger partial charge is 0.476 e. The van der Waals surface area contributed by atoms with Crippen LogP contribution in [0.1, 0.15) is 10.5 Å². The third kappa shape index (κ3) is 3.28. The zero-order valence-electron chi connectivity index (χ0n) is 10.1. The molecule has 2 N–H and O–H groups in total. The molecular formula is C11H7F2N3O4S. The lowest BCUT2D eigenvalue weighted by molar-refractivity contribution is 0.0691. The van der Waals surface area contributed by atoms with Crippen LogP contribution in [0.15, 0.2) is 35.5 Å². The van der Waals surface area contributed by atoms with Gasteiger partial charge in [0.2, 0.25) is 0 Å². The third-order valence-electron chi connectivity index (χ3n) is 2.28. The first-order valence-corrected chi connectivity index (χ1v) is 6.81. The molecule has 1 aromatic carbocycles. The standard InChI is InChI=1S/C11H7F2N3O4S/c12-6-3-7(13)5-8(4-6)21(19,20)16-10-9(11(17)18)14-1-2-15-10/h1-5H,(H,15,16)(H,17,18). The topological polar surface area (TPSA) is 109 Å². The number of aromatic carboxylic acids is 1. The summed E-state index contributed by atoms with van der Waals surface area (Å²) in [5, 5.41) is 8.86. The van der Waals surface area contributed by atoms with E-state index in [1.54, 1.807) is 0 Å². The van der Waals surface area contributed by atoms with E-state index in [1.807, 2.05) is 4.72 Å². The predicted octanol–water partition coefficient (Wildman–Crippen LogP) is 1.25. The molecule has 1 aromatic heterocycles. The third-order valence-corrected chi connectivity index (χ3v) is 3.60. The van der Waals surface area contributed by atoms with E-state index in [0.29, 0.717) is 18.2 Å². The number of halogens is 2. The molecule has 0 atom stereocenters. The van der Waals surface area contributed by atoms with Crippen molar-refractivity contribution in [1.29, 1.82) is 0 Å². The van der Waals surface area contributed by atoms with Crippen molar-refractivity contribution in [2.45, 2.75) is 4.90 Å². The van der Waals surface area contributed by atoms with Crippen LogP contribution in [0.4, 0.5) is 14.6 Å². The predicted molar refractivity (Wildman–Crippen MR) is 66.2 cm³/mol. The van der Waals surface area contributed by atoms with E-state index in [0.717, 1.165) is 12.4 Å². The van der Waals surface area contributed by atoms with E-state index >= 15 is 0 Å². The number of aromatic nitrogens is 2. The Morgan fingerprint density at radius 3 is 2.24 bits per heavy atom. The summed E-state index contributed by atoms with van der Waals surface area (Å²) in [6.45, 7) is 0. The Morgan fingerprint density at radius 1 is 1.10 bits per heavy atom. The highest BCUT2D eigenvalue weighted by Gasteiger charge is 2.21. The number of benzene rings is 1. The Balaban J connectivity index is 2.45. The Morgan fingerprint density at radius 2 is 1.67 bits per heavy atom. The minimum absolute atomic E-state index is 0.504. The second-order valence-electron chi connectivity index (χ2n) is 3.77. The number of rotatable bonds is 4. The van der Waals surface area contributed by atoms with Gasteiger partial charge in [0.05, 0.1) is 4.90 Å². The molecule has 0 spiro atoms. The summed E-state index contributed by atoms with van der Waals surface area (Å²) in [6, 6.07) is 1.68. The molecule has 0 aliphatic carbocycles. The van der Waals surface area contributed by atoms with Crippen molar-refractivity contribution in [2.75, 3.05) is 4.72 Å². The fraction of sp³-hybridized carbons (Fsp3) is 0. The summed E-state index contributed by atoms with van der Waals surface area (Å²) >= 11 is 0. The summed E-state index contributed by atoms with van der Waals surface area (Å²) in [4.78, 5) is 17.2. The Hall–Kier alpha value is -2.62. The summed E-state index contributed by atoms with van der Waals surface area (Å²) in [6.07, 6.45) is 2.12. The highest BCUT2D eigenvalue weighted by molar-refractivity contribution is 7.92. The minimum atomic E-state index is -4.41. The van der Waals surface area contributed by atoms with Crippen molar-refractivity contribution in [1.82, 2.24) is 9.97 Å². The van der Waals surface area contributed by atoms with Crippen LogP contribution in [0.5, 0.6) is 0 Å². The zero-order valence-corrected chi connectivity index (χ0v) is 10.9. The van der Waals surface area contributed by atoms with Gasteiger partial charge in [-0.15, -0.1) is 0 Å². The molecule has 2 rings (SSSR count). The van der Waals surface area contributed by atoms with Gasteiger partial charge in [-0.2, -0.15) is 0 Å². The smallest absolute Gasteiger partial charge is 0.358 e. The van der Waals surface area contributed by atoms with Gasteiger partial charge >= 0.3 is 5.97 Å². The number of carboxylic acids is 1. The minimum Gasteiger partial charge on any atom is -0.476 e. The van der Waals surface area contributed by atoms with Crippen molar-refractivity contribution in [3.63, 3.8) is 0 Å². The molecule has 2 aromatic rings. The van der Waals surface area contributed by atoms with Crippen molar-refractivity contribution < 1.29 is 27.1 Å². The van der Waals surface area contributed by atoms with Gasteiger partial charge in [-0.05, 0) is 12.1 Å². The molecule has 10 heteroatoms. The Bertz CT molecular complexity index is 791. The van der Waals surface area contributed by atoms with Crippen LogP contribution < -0.4 is 4.72 Å². The fourth-order valence-corrected chi connectivity index (χ4v) is 2.50. The van der Waals surface area contributed by atoms with Gasteiger partial charge in [-0.3, -0.25) is 4.72 Å². The quantitative estimate of drug-likeness (QED) is 0.879. The van der Waals surface area contributed by atoms with Crippen LogP contribution in [0, 0.1) is 11.6 Å². The van der Waals surface area contributed by atoms with Crippen LogP contribution in [0.25, 0.3) is 0 Å². The zero-order chi connectivity index (χ0) is 15.6. The summed E-state index contributed by atoms with van der Waals surface area (Å²) in [5.41, 5.74) is -0.641. The number of sulfonamides is 1. The number of carboxylic acid groups (broad SMARTS) is 1. The molecule has 0 aliphatic heterocycles. The van der Waals surface area contributed by atoms with Crippen LogP contribution in [0.2, 0.25) is 0 Å². The van der Waals surface area contributed by atoms with Gasteiger partial charge in [0.15, 0.2) is 11.5 Å². The molecule has 21 heavy (non-hydrogen) atoms. The molecule has 0 radical (unpaired) electrons. The van der Waals surface area contributed by atoms with E-state index in [9.17, 15) is 22.0 Å². The van der Waals surface area contributed by atoms with Crippen LogP contribution in [-0.2, 0) is 10.0 Å². The number of anilines is 1. The molecule has 0 amide bonds. The second kappa shape index (κ2) is 5.40. The highest BCUT2D eigenvalue weighted by Crippen LogP contribution is 2.18. The lowest BCUT2D eigenvalue weighted by atomic mass is 10.3. The van der Waals surface area contributed by atoms with E-state index in [2.05, 4.69) is 9.97 Å². The van der Waals surface area contributed by atoms with Crippen molar-refractivity contribution in [3.8, 4) is 0 Å². The molecule has 0 aliphatic rings. The van der Waals surface area contributed by atoms with Gasteiger partial charge in [0.1, 0.15) is 11.6 Å². The first-order valence-electron chi connectivity index (χ1n) is 5.33. The van der Waals surface area contributed by atoms with E-state index in [-0.39, 0.29) is 0 Å². The highest BCUT2D eigenvalue weighted by atomic mass is 32.2. The van der Waals surface area contributed by atoms with Gasteiger partial charge in [0.25, 0.3) is 10.0 Å². The number of nitrogens with one attached hydrogen (secondary N) is 1. The summed E-state index contributed by atoms with van der Waals surface area (Å²) in [7, 11) is -4.41. The van der Waals surface area contributed by atoms with Crippen molar-refractivity contribution in [3.05, 3.63) is 47.9 Å². The SMILES string of the molecule is O=C(O)c1nccnc1NS(=O)(=O)c1cc(F)cc(F)c1. The number of nitrogens with zero attached hydrogens (tertiary/aromatic N) is 2. The lowest BCUT2D eigenvalue weighted by Crippen LogP contribution is -2.18. The first-order chi connectivity index (χ1) is 9.79.